The molecule has 1 aliphatic rings. The Bertz CT molecular complexity index is 812. The molecule has 3 rings (SSSR count). The number of para-hydroxylation sites is 1. The molecule has 6 heteroatoms. The molecule has 0 radical (unpaired) electrons. The summed E-state index contributed by atoms with van der Waals surface area (Å²) in [5.41, 5.74) is 1.88. The van der Waals surface area contributed by atoms with Gasteiger partial charge in [-0.05, 0) is 50.1 Å². The molecule has 1 fully saturated rings. The fourth-order valence-corrected chi connectivity index (χ4v) is 4.23. The number of hydrogen-bond acceptors (Lipinski definition) is 3. The van der Waals surface area contributed by atoms with Crippen LogP contribution in [0.2, 0.25) is 10.0 Å². The van der Waals surface area contributed by atoms with Crippen LogP contribution in [-0.4, -0.2) is 35.7 Å². The zero-order valence-electron chi connectivity index (χ0n) is 15.2. The Kier molecular flexibility index (Phi) is 6.64. The van der Waals surface area contributed by atoms with E-state index >= 15 is 0 Å². The van der Waals surface area contributed by atoms with E-state index in [4.69, 9.17) is 27.9 Å². The highest BCUT2D eigenvalue weighted by Gasteiger charge is 2.33. The van der Waals surface area contributed by atoms with Crippen LogP contribution in [0.25, 0.3) is 0 Å². The van der Waals surface area contributed by atoms with Crippen LogP contribution >= 0.6 is 23.2 Å². The van der Waals surface area contributed by atoms with Gasteiger partial charge in [0.05, 0.1) is 18.6 Å². The zero-order valence-corrected chi connectivity index (χ0v) is 16.7. The summed E-state index contributed by atoms with van der Waals surface area (Å²) >= 11 is 12.7. The molecular weight excluding hydrogens is 385 g/mol. The summed E-state index contributed by atoms with van der Waals surface area (Å²) in [4.78, 5) is 13.8. The number of ether oxygens (including phenoxy) is 1. The largest absolute Gasteiger partial charge is 0.494 e. The second-order valence-corrected chi connectivity index (χ2v) is 7.56. The van der Waals surface area contributed by atoms with Crippen molar-refractivity contribution in [1.29, 1.82) is 0 Å². The summed E-state index contributed by atoms with van der Waals surface area (Å²) in [5.74, 6) is -0.348. The molecule has 1 aliphatic heterocycles. The summed E-state index contributed by atoms with van der Waals surface area (Å²) in [5, 5.41) is 10.7. The highest BCUT2D eigenvalue weighted by molar-refractivity contribution is 6.35. The minimum absolute atomic E-state index is 0.195. The van der Waals surface area contributed by atoms with Crippen LogP contribution in [0.5, 0.6) is 5.75 Å². The number of likely N-dealkylation sites (tertiary alicyclic amines) is 1. The first-order valence-electron chi connectivity index (χ1n) is 9.14. The number of benzene rings is 2. The van der Waals surface area contributed by atoms with Crippen molar-refractivity contribution in [3.8, 4) is 5.75 Å². The Hall–Kier alpha value is -1.75. The average Bonchev–Trinajstić information content (AvgIpc) is 2.65. The molecule has 144 valence electrons. The second-order valence-electron chi connectivity index (χ2n) is 6.71. The predicted molar refractivity (Wildman–Crippen MR) is 108 cm³/mol. The van der Waals surface area contributed by atoms with Crippen molar-refractivity contribution in [1.82, 2.24) is 4.90 Å². The molecule has 1 heterocycles. The Balaban J connectivity index is 2.08. The first-order valence-corrected chi connectivity index (χ1v) is 9.90. The van der Waals surface area contributed by atoms with E-state index < -0.39 is 5.97 Å². The molecule has 0 spiro atoms. The molecule has 2 atom stereocenters. The molecule has 0 amide bonds. The standard InChI is InChI=1S/C21H23Cl2NO3/c1-2-27-19-8-4-3-7-17(19)20(16-10-9-15(22)12-18(16)23)24-11-5-6-14(13-24)21(25)26/h3-4,7-10,12,14,20H,2,5-6,11,13H2,1H3,(H,25,26). The number of nitrogens with zero attached hydrogens (tertiary/aromatic N) is 1. The van der Waals surface area contributed by atoms with E-state index in [0.29, 0.717) is 29.6 Å². The maximum Gasteiger partial charge on any atom is 0.307 e. The van der Waals surface area contributed by atoms with Gasteiger partial charge in [-0.15, -0.1) is 0 Å². The monoisotopic (exact) mass is 407 g/mol. The maximum absolute atomic E-state index is 11.6. The molecule has 1 N–H and O–H groups in total. The molecule has 4 nitrogen and oxygen atoms in total. The van der Waals surface area contributed by atoms with Gasteiger partial charge < -0.3 is 9.84 Å². The van der Waals surface area contributed by atoms with E-state index in [0.717, 1.165) is 29.8 Å². The third-order valence-electron chi connectivity index (χ3n) is 4.94. The van der Waals surface area contributed by atoms with Gasteiger partial charge in [-0.2, -0.15) is 0 Å². The van der Waals surface area contributed by atoms with E-state index in [9.17, 15) is 9.90 Å². The van der Waals surface area contributed by atoms with E-state index in [2.05, 4.69) is 4.90 Å². The first-order chi connectivity index (χ1) is 13.0. The number of rotatable bonds is 6. The molecule has 2 aromatic carbocycles. The quantitative estimate of drug-likeness (QED) is 0.707. The topological polar surface area (TPSA) is 49.8 Å². The van der Waals surface area contributed by atoms with Crippen LogP contribution < -0.4 is 4.74 Å². The Morgan fingerprint density at radius 1 is 1.26 bits per heavy atom. The summed E-state index contributed by atoms with van der Waals surface area (Å²) in [6.07, 6.45) is 1.52. The van der Waals surface area contributed by atoms with Crippen molar-refractivity contribution in [2.45, 2.75) is 25.8 Å². The average molecular weight is 408 g/mol. The van der Waals surface area contributed by atoms with E-state index in [1.54, 1.807) is 6.07 Å². The van der Waals surface area contributed by atoms with E-state index in [1.807, 2.05) is 43.3 Å². The van der Waals surface area contributed by atoms with Gasteiger partial charge in [-0.25, -0.2) is 0 Å². The molecule has 0 aliphatic carbocycles. The lowest BCUT2D eigenvalue weighted by atomic mass is 9.91. The van der Waals surface area contributed by atoms with Crippen molar-refractivity contribution in [3.63, 3.8) is 0 Å². The molecule has 27 heavy (non-hydrogen) atoms. The van der Waals surface area contributed by atoms with Crippen LogP contribution in [0.1, 0.15) is 36.9 Å². The number of aliphatic carboxylic acids is 1. The third kappa shape index (κ3) is 4.57. The summed E-state index contributed by atoms with van der Waals surface area (Å²) < 4.78 is 5.86. The lowest BCUT2D eigenvalue weighted by Crippen LogP contribution is -2.41. The van der Waals surface area contributed by atoms with Crippen molar-refractivity contribution in [2.24, 2.45) is 5.92 Å². The number of carbonyl (C=O) groups is 1. The lowest BCUT2D eigenvalue weighted by molar-refractivity contribution is -0.143. The van der Waals surface area contributed by atoms with Crippen molar-refractivity contribution >= 4 is 29.2 Å². The van der Waals surface area contributed by atoms with Gasteiger partial charge in [0.1, 0.15) is 5.75 Å². The van der Waals surface area contributed by atoms with Crippen LogP contribution in [0, 0.1) is 5.92 Å². The van der Waals surface area contributed by atoms with Gasteiger partial charge in [-0.1, -0.05) is 47.5 Å². The van der Waals surface area contributed by atoms with Crippen molar-refractivity contribution < 1.29 is 14.6 Å². The second kappa shape index (κ2) is 8.96. The lowest BCUT2D eigenvalue weighted by Gasteiger charge is -2.38. The smallest absolute Gasteiger partial charge is 0.307 e. The molecule has 2 aromatic rings. The Labute approximate surface area is 169 Å². The van der Waals surface area contributed by atoms with Crippen LogP contribution in [0.3, 0.4) is 0 Å². The van der Waals surface area contributed by atoms with Gasteiger partial charge in [0.25, 0.3) is 0 Å². The van der Waals surface area contributed by atoms with Crippen molar-refractivity contribution in [2.75, 3.05) is 19.7 Å². The minimum Gasteiger partial charge on any atom is -0.494 e. The van der Waals surface area contributed by atoms with Gasteiger partial charge in [0.15, 0.2) is 0 Å². The number of hydrogen-bond donors (Lipinski definition) is 1. The fraction of sp³-hybridized carbons (Fsp3) is 0.381. The predicted octanol–water partition coefficient (Wildman–Crippen LogP) is 5.28. The highest BCUT2D eigenvalue weighted by atomic mass is 35.5. The molecule has 0 bridgehead atoms. The van der Waals surface area contributed by atoms with Crippen LogP contribution in [-0.2, 0) is 4.79 Å². The number of carboxylic acids is 1. The highest BCUT2D eigenvalue weighted by Crippen LogP contribution is 2.40. The van der Waals surface area contributed by atoms with Gasteiger partial charge in [0, 0.05) is 22.2 Å². The van der Waals surface area contributed by atoms with E-state index in [1.165, 1.54) is 0 Å². The Morgan fingerprint density at radius 3 is 2.74 bits per heavy atom. The number of carboxylic acid groups (broad SMARTS) is 1. The fourth-order valence-electron chi connectivity index (χ4n) is 3.72. The Morgan fingerprint density at radius 2 is 2.04 bits per heavy atom. The molecule has 2 unspecified atom stereocenters. The first kappa shape index (κ1) is 20.0. The number of halogens is 2. The summed E-state index contributed by atoms with van der Waals surface area (Å²) in [6, 6.07) is 13.1. The van der Waals surface area contributed by atoms with E-state index in [-0.39, 0.29) is 12.0 Å². The minimum atomic E-state index is -0.751. The van der Waals surface area contributed by atoms with Crippen LogP contribution in [0.4, 0.5) is 0 Å². The van der Waals surface area contributed by atoms with Gasteiger partial charge in [-0.3, -0.25) is 9.69 Å². The molecular formula is C21H23Cl2NO3. The molecule has 0 saturated carbocycles. The number of piperidine rings is 1. The normalized spacial score (nSPS) is 18.9. The van der Waals surface area contributed by atoms with Crippen molar-refractivity contribution in [3.05, 3.63) is 63.6 Å². The van der Waals surface area contributed by atoms with Gasteiger partial charge >= 0.3 is 5.97 Å². The summed E-state index contributed by atoms with van der Waals surface area (Å²) in [6.45, 7) is 3.77. The van der Waals surface area contributed by atoms with Gasteiger partial charge in [0.2, 0.25) is 0 Å². The SMILES string of the molecule is CCOc1ccccc1C(c1ccc(Cl)cc1Cl)N1CCCC(C(=O)O)C1. The molecule has 0 aromatic heterocycles. The third-order valence-corrected chi connectivity index (χ3v) is 5.50. The maximum atomic E-state index is 11.6. The summed E-state index contributed by atoms with van der Waals surface area (Å²) in [7, 11) is 0. The van der Waals surface area contributed by atoms with Crippen LogP contribution in [0.15, 0.2) is 42.5 Å². The zero-order chi connectivity index (χ0) is 19.4. The molecule has 1 saturated heterocycles.